The first kappa shape index (κ1) is 18.9. The molecule has 1 N–H and O–H groups in total. The van der Waals surface area contributed by atoms with Gasteiger partial charge in [0, 0.05) is 12.2 Å². The Bertz CT molecular complexity index is 887. The van der Waals surface area contributed by atoms with E-state index < -0.39 is 47.3 Å². The zero-order valence-electron chi connectivity index (χ0n) is 13.8. The monoisotopic (exact) mass is 383 g/mol. The molecule has 1 aromatic heterocycles. The average molecular weight is 383 g/mol. The molecule has 0 aliphatic carbocycles. The molecule has 27 heavy (non-hydrogen) atoms. The fourth-order valence-electron chi connectivity index (χ4n) is 2.89. The number of hydrogen-bond acceptors (Lipinski definition) is 3. The maximum Gasteiger partial charge on any atom is 0.200 e. The number of nitrogens with zero attached hydrogens (tertiary/aromatic N) is 1. The third kappa shape index (κ3) is 3.40. The molecule has 2 aromatic carbocycles. The molecular formula is C19H14F5NO2. The maximum atomic E-state index is 14.5. The molecule has 1 unspecified atom stereocenters. The topological polar surface area (TPSA) is 36.6 Å². The Morgan fingerprint density at radius 1 is 0.815 bits per heavy atom. The van der Waals surface area contributed by atoms with E-state index in [1.807, 2.05) is 0 Å². The van der Waals surface area contributed by atoms with Crippen LogP contribution in [-0.2, 0) is 0 Å². The van der Waals surface area contributed by atoms with Crippen molar-refractivity contribution in [2.75, 3.05) is 18.1 Å². The lowest BCUT2D eigenvalue weighted by atomic mass is 9.99. The van der Waals surface area contributed by atoms with Gasteiger partial charge in [-0.3, -0.25) is 0 Å². The molecule has 0 radical (unpaired) electrons. The van der Waals surface area contributed by atoms with Crippen LogP contribution in [0.15, 0.2) is 53.1 Å². The van der Waals surface area contributed by atoms with Crippen LogP contribution in [0.1, 0.15) is 17.4 Å². The smallest absolute Gasteiger partial charge is 0.200 e. The Labute approximate surface area is 151 Å². The van der Waals surface area contributed by atoms with Crippen molar-refractivity contribution in [2.24, 2.45) is 0 Å². The van der Waals surface area contributed by atoms with E-state index >= 15 is 0 Å². The number of para-hydroxylation sites is 1. The summed E-state index contributed by atoms with van der Waals surface area (Å²) in [5.74, 6) is -10.3. The predicted molar refractivity (Wildman–Crippen MR) is 87.7 cm³/mol. The largest absolute Gasteiger partial charge is 0.467 e. The van der Waals surface area contributed by atoms with Gasteiger partial charge in [-0.25, -0.2) is 22.0 Å². The number of anilines is 1. The summed E-state index contributed by atoms with van der Waals surface area (Å²) < 4.78 is 75.3. The molecule has 0 aliphatic heterocycles. The molecule has 142 valence electrons. The molecule has 0 saturated carbocycles. The van der Waals surface area contributed by atoms with Gasteiger partial charge in [0.05, 0.1) is 18.4 Å². The molecule has 3 nitrogen and oxygen atoms in total. The number of furan rings is 1. The van der Waals surface area contributed by atoms with E-state index in [9.17, 15) is 27.1 Å². The summed E-state index contributed by atoms with van der Waals surface area (Å²) in [6, 6.07) is 9.43. The Morgan fingerprint density at radius 3 is 1.93 bits per heavy atom. The fraction of sp³-hybridized carbons (Fsp3) is 0.158. The van der Waals surface area contributed by atoms with Gasteiger partial charge < -0.3 is 14.4 Å². The minimum atomic E-state index is -2.24. The lowest BCUT2D eigenvalue weighted by Crippen LogP contribution is -2.34. The van der Waals surface area contributed by atoms with Crippen LogP contribution in [0.3, 0.4) is 0 Å². The molecule has 3 rings (SSSR count). The number of aliphatic hydroxyl groups excluding tert-OH is 1. The van der Waals surface area contributed by atoms with Gasteiger partial charge in [0.2, 0.25) is 5.82 Å². The zero-order chi connectivity index (χ0) is 19.6. The number of hydrogen-bond donors (Lipinski definition) is 1. The van der Waals surface area contributed by atoms with Crippen LogP contribution in [0, 0.1) is 29.1 Å². The van der Waals surface area contributed by atoms with Crippen LogP contribution in [0.2, 0.25) is 0 Å². The van der Waals surface area contributed by atoms with Crippen molar-refractivity contribution >= 4 is 5.69 Å². The number of rotatable bonds is 6. The van der Waals surface area contributed by atoms with E-state index in [1.54, 1.807) is 30.3 Å². The summed E-state index contributed by atoms with van der Waals surface area (Å²) in [5, 5.41) is 9.42. The molecule has 8 heteroatoms. The molecule has 0 amide bonds. The second-order valence-electron chi connectivity index (χ2n) is 5.65. The van der Waals surface area contributed by atoms with Crippen molar-refractivity contribution in [3.05, 3.63) is 89.1 Å². The normalized spacial score (nSPS) is 12.2. The molecule has 1 atom stereocenters. The highest BCUT2D eigenvalue weighted by molar-refractivity contribution is 5.52. The van der Waals surface area contributed by atoms with Gasteiger partial charge in [0.1, 0.15) is 11.8 Å². The molecule has 1 heterocycles. The first-order valence-corrected chi connectivity index (χ1v) is 7.94. The summed E-state index contributed by atoms with van der Waals surface area (Å²) >= 11 is 0. The van der Waals surface area contributed by atoms with E-state index in [1.165, 1.54) is 23.3 Å². The molecule has 0 aliphatic rings. The molecule has 0 spiro atoms. The minimum Gasteiger partial charge on any atom is -0.467 e. The SMILES string of the molecule is OCCN(c1ccccc1)C(c1ccco1)c1c(F)c(F)c(F)c(F)c1F. The summed E-state index contributed by atoms with van der Waals surface area (Å²) in [4.78, 5) is 1.30. The Balaban J connectivity index is 2.28. The van der Waals surface area contributed by atoms with Gasteiger partial charge in [-0.05, 0) is 24.3 Å². The lowest BCUT2D eigenvalue weighted by Gasteiger charge is -2.33. The van der Waals surface area contributed by atoms with E-state index in [4.69, 9.17) is 4.42 Å². The van der Waals surface area contributed by atoms with E-state index in [2.05, 4.69) is 0 Å². The quantitative estimate of drug-likeness (QED) is 0.385. The second kappa shape index (κ2) is 7.79. The van der Waals surface area contributed by atoms with Crippen molar-refractivity contribution in [3.63, 3.8) is 0 Å². The first-order chi connectivity index (χ1) is 13.0. The van der Waals surface area contributed by atoms with Crippen LogP contribution < -0.4 is 4.90 Å². The first-order valence-electron chi connectivity index (χ1n) is 7.94. The van der Waals surface area contributed by atoms with Crippen LogP contribution in [-0.4, -0.2) is 18.3 Å². The molecule has 3 aromatic rings. The van der Waals surface area contributed by atoms with Crippen molar-refractivity contribution < 1.29 is 31.5 Å². The van der Waals surface area contributed by atoms with Crippen molar-refractivity contribution in [1.29, 1.82) is 0 Å². The van der Waals surface area contributed by atoms with E-state index in [0.29, 0.717) is 5.69 Å². The van der Waals surface area contributed by atoms with Gasteiger partial charge in [-0.2, -0.15) is 0 Å². The number of halogens is 5. The predicted octanol–water partition coefficient (Wildman–Crippen LogP) is 4.56. The Morgan fingerprint density at radius 2 is 1.41 bits per heavy atom. The summed E-state index contributed by atoms with van der Waals surface area (Å²) in [5.41, 5.74) is -0.657. The maximum absolute atomic E-state index is 14.5. The second-order valence-corrected chi connectivity index (χ2v) is 5.65. The summed E-state index contributed by atoms with van der Waals surface area (Å²) in [6.45, 7) is -0.573. The Hall–Kier alpha value is -2.87. The van der Waals surface area contributed by atoms with Gasteiger partial charge in [0.15, 0.2) is 23.3 Å². The minimum absolute atomic E-state index is 0.0458. The van der Waals surface area contributed by atoms with Crippen molar-refractivity contribution in [3.8, 4) is 0 Å². The molecule has 0 fully saturated rings. The van der Waals surface area contributed by atoms with Crippen molar-refractivity contribution in [2.45, 2.75) is 6.04 Å². The van der Waals surface area contributed by atoms with E-state index in [0.717, 1.165) is 0 Å². The standard InChI is InChI=1S/C19H14F5NO2/c20-14-13(15(21)17(23)18(24)16(14)22)19(12-7-4-10-27-12)25(8-9-26)11-5-2-1-3-6-11/h1-7,10,19,26H,8-9H2. The molecule has 0 bridgehead atoms. The summed E-state index contributed by atoms with van der Waals surface area (Å²) in [6.07, 6.45) is 1.22. The fourth-order valence-corrected chi connectivity index (χ4v) is 2.89. The van der Waals surface area contributed by atoms with Gasteiger partial charge in [-0.15, -0.1) is 0 Å². The molecule has 0 saturated heterocycles. The van der Waals surface area contributed by atoms with Gasteiger partial charge in [0.25, 0.3) is 0 Å². The van der Waals surface area contributed by atoms with Crippen LogP contribution in [0.25, 0.3) is 0 Å². The highest BCUT2D eigenvalue weighted by Gasteiger charge is 2.36. The third-order valence-electron chi connectivity index (χ3n) is 4.07. The van der Waals surface area contributed by atoms with Crippen LogP contribution in [0.4, 0.5) is 27.6 Å². The third-order valence-corrected chi connectivity index (χ3v) is 4.07. The highest BCUT2D eigenvalue weighted by atomic mass is 19.2. The highest BCUT2D eigenvalue weighted by Crippen LogP contribution is 2.38. The van der Waals surface area contributed by atoms with Gasteiger partial charge >= 0.3 is 0 Å². The van der Waals surface area contributed by atoms with E-state index in [-0.39, 0.29) is 12.3 Å². The average Bonchev–Trinajstić information content (AvgIpc) is 3.22. The lowest BCUT2D eigenvalue weighted by molar-refractivity contribution is 0.294. The number of benzene rings is 2. The summed E-state index contributed by atoms with van der Waals surface area (Å²) in [7, 11) is 0. The van der Waals surface area contributed by atoms with Crippen LogP contribution >= 0.6 is 0 Å². The number of aliphatic hydroxyl groups is 1. The zero-order valence-corrected chi connectivity index (χ0v) is 13.8. The van der Waals surface area contributed by atoms with Crippen molar-refractivity contribution in [1.82, 2.24) is 0 Å². The van der Waals surface area contributed by atoms with Gasteiger partial charge in [-0.1, -0.05) is 18.2 Å². The molecular weight excluding hydrogens is 369 g/mol. The Kier molecular flexibility index (Phi) is 5.46. The van der Waals surface area contributed by atoms with Crippen LogP contribution in [0.5, 0.6) is 0 Å².